The molecule has 0 amide bonds. The Morgan fingerprint density at radius 1 is 0.958 bits per heavy atom. The van der Waals surface area contributed by atoms with E-state index in [1.54, 1.807) is 0 Å². The molecule has 1 aromatic rings. The molecule has 3 nitrogen and oxygen atoms in total. The quantitative estimate of drug-likeness (QED) is 0.695. The lowest BCUT2D eigenvalue weighted by Crippen LogP contribution is -2.31. The van der Waals surface area contributed by atoms with E-state index in [1.807, 2.05) is 0 Å². The topological polar surface area (TPSA) is 15.7 Å². The number of likely N-dealkylation sites (tertiary alicyclic amines) is 1. The second kappa shape index (κ2) is 11.2. The summed E-state index contributed by atoms with van der Waals surface area (Å²) in [4.78, 5) is 5.08. The number of rotatable bonds is 6. The first-order chi connectivity index (χ1) is 10.8. The summed E-state index contributed by atoms with van der Waals surface area (Å²) < 4.78 is 5.99. The first-order valence-corrected chi connectivity index (χ1v) is 9.04. The molecule has 0 bridgehead atoms. The summed E-state index contributed by atoms with van der Waals surface area (Å²) in [6.07, 6.45) is 6.48. The number of piperidine rings is 1. The maximum Gasteiger partial charge on any atom is 0.119 e. The molecular formula is C19H32Cl2N2O. The summed E-state index contributed by atoms with van der Waals surface area (Å²) in [5, 5.41) is 0. The predicted molar refractivity (Wildman–Crippen MR) is 106 cm³/mol. The Bertz CT molecular complexity index is 478. The van der Waals surface area contributed by atoms with Crippen LogP contribution in [-0.4, -0.2) is 49.1 Å². The van der Waals surface area contributed by atoms with Gasteiger partial charge in [0.15, 0.2) is 0 Å². The highest BCUT2D eigenvalue weighted by atomic mass is 35.5. The van der Waals surface area contributed by atoms with Crippen molar-refractivity contribution < 1.29 is 4.74 Å². The molecule has 2 heterocycles. The van der Waals surface area contributed by atoms with E-state index >= 15 is 0 Å². The molecule has 2 aliphatic rings. The van der Waals surface area contributed by atoms with E-state index in [4.69, 9.17) is 4.74 Å². The molecule has 2 aliphatic heterocycles. The van der Waals surface area contributed by atoms with Crippen LogP contribution in [0.15, 0.2) is 18.2 Å². The molecule has 1 saturated heterocycles. The number of hydrogen-bond donors (Lipinski definition) is 0. The van der Waals surface area contributed by atoms with Gasteiger partial charge in [0.05, 0.1) is 6.61 Å². The summed E-state index contributed by atoms with van der Waals surface area (Å²) in [5.41, 5.74) is 2.96. The zero-order valence-corrected chi connectivity index (χ0v) is 16.5. The van der Waals surface area contributed by atoms with E-state index in [0.717, 1.165) is 31.9 Å². The van der Waals surface area contributed by atoms with Gasteiger partial charge in [0.2, 0.25) is 0 Å². The molecule has 0 aliphatic carbocycles. The average Bonchev–Trinajstić information content (AvgIpc) is 2.59. The number of likely N-dealkylation sites (N-methyl/N-ethyl adjacent to an activating group) is 1. The third-order valence-electron chi connectivity index (χ3n) is 5.05. The van der Waals surface area contributed by atoms with Gasteiger partial charge in [-0.3, -0.25) is 4.90 Å². The summed E-state index contributed by atoms with van der Waals surface area (Å²) >= 11 is 0. The molecule has 3 rings (SSSR count). The molecule has 5 heteroatoms. The molecule has 0 radical (unpaired) electrons. The van der Waals surface area contributed by atoms with Crippen molar-refractivity contribution in [2.75, 3.05) is 39.3 Å². The van der Waals surface area contributed by atoms with Gasteiger partial charge in [-0.2, -0.15) is 0 Å². The Balaban J connectivity index is 0.00000144. The zero-order chi connectivity index (χ0) is 15.2. The average molecular weight is 375 g/mol. The van der Waals surface area contributed by atoms with Gasteiger partial charge in [0.25, 0.3) is 0 Å². The van der Waals surface area contributed by atoms with Crippen molar-refractivity contribution in [2.24, 2.45) is 0 Å². The Morgan fingerprint density at radius 2 is 1.75 bits per heavy atom. The molecule has 0 unspecified atom stereocenters. The fourth-order valence-corrected chi connectivity index (χ4v) is 3.61. The van der Waals surface area contributed by atoms with Crippen LogP contribution >= 0.6 is 24.8 Å². The third kappa shape index (κ3) is 6.11. The van der Waals surface area contributed by atoms with Crippen molar-refractivity contribution in [2.45, 2.75) is 45.6 Å². The predicted octanol–water partition coefficient (Wildman–Crippen LogP) is 4.16. The Kier molecular flexibility index (Phi) is 10.1. The number of ether oxygens (including phenoxy) is 1. The number of hydrogen-bond acceptors (Lipinski definition) is 3. The lowest BCUT2D eigenvalue weighted by molar-refractivity contribution is 0.204. The van der Waals surface area contributed by atoms with Crippen LogP contribution in [0.4, 0.5) is 0 Å². The van der Waals surface area contributed by atoms with Crippen LogP contribution in [0.3, 0.4) is 0 Å². The lowest BCUT2D eigenvalue weighted by atomic mass is 9.99. The second-order valence-corrected chi connectivity index (χ2v) is 6.65. The van der Waals surface area contributed by atoms with Gasteiger partial charge in [-0.05, 0) is 68.6 Å². The van der Waals surface area contributed by atoms with Gasteiger partial charge in [-0.15, -0.1) is 24.8 Å². The maximum atomic E-state index is 5.99. The van der Waals surface area contributed by atoms with Gasteiger partial charge in [0, 0.05) is 19.6 Å². The van der Waals surface area contributed by atoms with Crippen LogP contribution in [0.5, 0.6) is 5.75 Å². The first-order valence-electron chi connectivity index (χ1n) is 9.04. The minimum Gasteiger partial charge on any atom is -0.494 e. The van der Waals surface area contributed by atoms with Crippen molar-refractivity contribution >= 4 is 24.8 Å². The van der Waals surface area contributed by atoms with Gasteiger partial charge >= 0.3 is 0 Å². The van der Waals surface area contributed by atoms with Gasteiger partial charge in [0.1, 0.15) is 5.75 Å². The van der Waals surface area contributed by atoms with E-state index < -0.39 is 0 Å². The minimum absolute atomic E-state index is 0. The SMILES string of the molecule is CCN1CCc2ccc(OCCCN3CCCCC3)cc2C1.Cl.Cl. The summed E-state index contributed by atoms with van der Waals surface area (Å²) in [6.45, 7) is 10.3. The van der Waals surface area contributed by atoms with Crippen molar-refractivity contribution in [3.63, 3.8) is 0 Å². The van der Waals surface area contributed by atoms with Crippen LogP contribution in [0.2, 0.25) is 0 Å². The molecule has 0 aromatic heterocycles. The van der Waals surface area contributed by atoms with Crippen molar-refractivity contribution in [1.29, 1.82) is 0 Å². The van der Waals surface area contributed by atoms with Crippen LogP contribution in [0.25, 0.3) is 0 Å². The minimum atomic E-state index is 0. The molecule has 1 aromatic carbocycles. The number of fused-ring (bicyclic) bond motifs is 1. The molecule has 0 atom stereocenters. The molecular weight excluding hydrogens is 343 g/mol. The summed E-state index contributed by atoms with van der Waals surface area (Å²) in [7, 11) is 0. The lowest BCUT2D eigenvalue weighted by Gasteiger charge is -2.28. The summed E-state index contributed by atoms with van der Waals surface area (Å²) in [5.74, 6) is 1.05. The smallest absolute Gasteiger partial charge is 0.119 e. The third-order valence-corrected chi connectivity index (χ3v) is 5.05. The highest BCUT2D eigenvalue weighted by molar-refractivity contribution is 5.85. The van der Waals surface area contributed by atoms with E-state index in [-0.39, 0.29) is 24.8 Å². The Labute approximate surface area is 159 Å². The van der Waals surface area contributed by atoms with E-state index in [2.05, 4.69) is 34.9 Å². The van der Waals surface area contributed by atoms with Crippen molar-refractivity contribution in [3.05, 3.63) is 29.3 Å². The number of halogens is 2. The molecule has 24 heavy (non-hydrogen) atoms. The number of nitrogens with zero attached hydrogens (tertiary/aromatic N) is 2. The maximum absolute atomic E-state index is 5.99. The van der Waals surface area contributed by atoms with E-state index in [9.17, 15) is 0 Å². The van der Waals surface area contributed by atoms with Gasteiger partial charge in [-0.25, -0.2) is 0 Å². The monoisotopic (exact) mass is 374 g/mol. The van der Waals surface area contributed by atoms with Gasteiger partial charge < -0.3 is 9.64 Å². The largest absolute Gasteiger partial charge is 0.494 e. The van der Waals surface area contributed by atoms with Crippen LogP contribution in [0, 0.1) is 0 Å². The highest BCUT2D eigenvalue weighted by Gasteiger charge is 2.15. The summed E-state index contributed by atoms with van der Waals surface area (Å²) in [6, 6.07) is 6.68. The van der Waals surface area contributed by atoms with Crippen LogP contribution in [-0.2, 0) is 13.0 Å². The highest BCUT2D eigenvalue weighted by Crippen LogP contribution is 2.24. The van der Waals surface area contributed by atoms with E-state index in [1.165, 1.54) is 63.0 Å². The Hall–Kier alpha value is -0.480. The zero-order valence-electron chi connectivity index (χ0n) is 14.8. The normalized spacial score (nSPS) is 18.2. The van der Waals surface area contributed by atoms with Crippen molar-refractivity contribution in [1.82, 2.24) is 9.80 Å². The fraction of sp³-hybridized carbons (Fsp3) is 0.684. The van der Waals surface area contributed by atoms with E-state index in [0.29, 0.717) is 0 Å². The van der Waals surface area contributed by atoms with Crippen LogP contribution < -0.4 is 4.74 Å². The second-order valence-electron chi connectivity index (χ2n) is 6.65. The first kappa shape index (κ1) is 21.6. The molecule has 0 saturated carbocycles. The van der Waals surface area contributed by atoms with Crippen LogP contribution in [0.1, 0.15) is 43.7 Å². The molecule has 138 valence electrons. The van der Waals surface area contributed by atoms with Gasteiger partial charge in [-0.1, -0.05) is 19.4 Å². The molecule has 0 N–H and O–H groups in total. The molecule has 1 fully saturated rings. The standard InChI is InChI=1S/C19H30N2O.2ClH/c1-2-20-13-9-17-7-8-19(15-18(17)16-20)22-14-6-12-21-10-4-3-5-11-21;;/h7-8,15H,2-6,9-14,16H2,1H3;2*1H. The fourth-order valence-electron chi connectivity index (χ4n) is 3.61. The number of benzene rings is 1. The van der Waals surface area contributed by atoms with Crippen molar-refractivity contribution in [3.8, 4) is 5.75 Å². The Morgan fingerprint density at radius 3 is 2.50 bits per heavy atom. The molecule has 0 spiro atoms.